The molecule has 0 unspecified atom stereocenters. The predicted octanol–water partition coefficient (Wildman–Crippen LogP) is 5.20. The lowest BCUT2D eigenvalue weighted by atomic mass is 10.1. The van der Waals surface area contributed by atoms with Gasteiger partial charge in [-0.05, 0) is 36.8 Å². The zero-order chi connectivity index (χ0) is 19.5. The maximum atomic E-state index is 12.7. The van der Waals surface area contributed by atoms with E-state index >= 15 is 0 Å². The maximum absolute atomic E-state index is 12.7. The summed E-state index contributed by atoms with van der Waals surface area (Å²) in [5.41, 5.74) is 3.23. The van der Waals surface area contributed by atoms with Gasteiger partial charge in [0.05, 0.1) is 12.7 Å². The lowest BCUT2D eigenvalue weighted by Gasteiger charge is -2.13. The van der Waals surface area contributed by atoms with Crippen molar-refractivity contribution in [2.24, 2.45) is 0 Å². The van der Waals surface area contributed by atoms with E-state index in [0.717, 1.165) is 22.4 Å². The number of carbonyl (C=O) groups excluding carboxylic acids is 1. The third-order valence-corrected chi connectivity index (χ3v) is 4.71. The predicted molar refractivity (Wildman–Crippen MR) is 108 cm³/mol. The van der Waals surface area contributed by atoms with Crippen LogP contribution in [0.3, 0.4) is 0 Å². The number of carbonyl (C=O) groups is 1. The highest BCUT2D eigenvalue weighted by molar-refractivity contribution is 6.14. The second kappa shape index (κ2) is 7.61. The van der Waals surface area contributed by atoms with Gasteiger partial charge in [-0.3, -0.25) is 4.79 Å². The number of ether oxygens (including phenoxy) is 3. The molecule has 1 heterocycles. The first-order chi connectivity index (χ1) is 13.7. The number of methoxy groups -OCH3 is 1. The summed E-state index contributed by atoms with van der Waals surface area (Å²) in [6.45, 7) is 2.26. The van der Waals surface area contributed by atoms with Crippen LogP contribution in [-0.2, 0) is 6.61 Å². The smallest absolute Gasteiger partial charge is 0.231 e. The number of benzene rings is 3. The van der Waals surface area contributed by atoms with Crippen LogP contribution in [-0.4, -0.2) is 12.9 Å². The molecule has 3 aromatic carbocycles. The molecule has 0 spiro atoms. The molecule has 0 atom stereocenters. The molecule has 0 bridgehead atoms. The highest BCUT2D eigenvalue weighted by Crippen LogP contribution is 2.39. The van der Waals surface area contributed by atoms with Crippen molar-refractivity contribution in [2.75, 3.05) is 7.11 Å². The van der Waals surface area contributed by atoms with E-state index in [1.54, 1.807) is 19.3 Å². The number of allylic oxidation sites excluding steroid dienone is 1. The first-order valence-corrected chi connectivity index (χ1v) is 9.05. The van der Waals surface area contributed by atoms with Gasteiger partial charge in [-0.1, -0.05) is 48.5 Å². The van der Waals surface area contributed by atoms with Crippen LogP contribution in [0.25, 0.3) is 6.08 Å². The normalized spacial score (nSPS) is 13.9. The topological polar surface area (TPSA) is 44.8 Å². The van der Waals surface area contributed by atoms with Crippen molar-refractivity contribution < 1.29 is 19.0 Å². The molecule has 0 N–H and O–H groups in total. The molecule has 3 aromatic rings. The van der Waals surface area contributed by atoms with Crippen LogP contribution >= 0.6 is 0 Å². The van der Waals surface area contributed by atoms with Gasteiger partial charge in [0.25, 0.3) is 0 Å². The Hall–Kier alpha value is -3.53. The Morgan fingerprint density at radius 1 is 0.929 bits per heavy atom. The van der Waals surface area contributed by atoms with Gasteiger partial charge < -0.3 is 14.2 Å². The first-order valence-electron chi connectivity index (χ1n) is 9.05. The quantitative estimate of drug-likeness (QED) is 0.578. The van der Waals surface area contributed by atoms with Crippen LogP contribution in [0.5, 0.6) is 17.2 Å². The standard InChI is InChI=1S/C24H20O4/c1-16-20(27-15-18-10-6-7-11-21(18)26-2)13-12-19-23(25)22(28-24(16)19)14-17-8-4-3-5-9-17/h3-14H,15H2,1-2H3/b22-14-. The molecule has 4 nitrogen and oxygen atoms in total. The molecule has 0 saturated carbocycles. The SMILES string of the molecule is COc1ccccc1COc1ccc2c(c1C)O/C(=C\c1ccccc1)C2=O. The minimum absolute atomic E-state index is 0.113. The van der Waals surface area contributed by atoms with Crippen LogP contribution in [0.15, 0.2) is 72.5 Å². The second-order valence-corrected chi connectivity index (χ2v) is 6.52. The third-order valence-electron chi connectivity index (χ3n) is 4.71. The largest absolute Gasteiger partial charge is 0.496 e. The highest BCUT2D eigenvalue weighted by Gasteiger charge is 2.30. The van der Waals surface area contributed by atoms with E-state index in [2.05, 4.69) is 0 Å². The number of hydrogen-bond acceptors (Lipinski definition) is 4. The fourth-order valence-corrected chi connectivity index (χ4v) is 3.20. The van der Waals surface area contributed by atoms with Crippen LogP contribution in [0.2, 0.25) is 0 Å². The summed E-state index contributed by atoms with van der Waals surface area (Å²) in [7, 11) is 1.64. The molecule has 4 rings (SSSR count). The fourth-order valence-electron chi connectivity index (χ4n) is 3.20. The minimum Gasteiger partial charge on any atom is -0.496 e. The van der Waals surface area contributed by atoms with E-state index in [1.165, 1.54) is 0 Å². The van der Waals surface area contributed by atoms with Gasteiger partial charge in [0, 0.05) is 11.1 Å². The molecule has 1 aliphatic rings. The first kappa shape index (κ1) is 17.9. The Bertz CT molecular complexity index is 1050. The summed E-state index contributed by atoms with van der Waals surface area (Å²) in [5, 5.41) is 0. The summed E-state index contributed by atoms with van der Waals surface area (Å²) >= 11 is 0. The molecule has 0 fully saturated rings. The fraction of sp³-hybridized carbons (Fsp3) is 0.125. The lowest BCUT2D eigenvalue weighted by molar-refractivity contribution is 0.101. The van der Waals surface area contributed by atoms with E-state index in [9.17, 15) is 4.79 Å². The molecule has 4 heteroatoms. The third kappa shape index (κ3) is 3.37. The Balaban J connectivity index is 1.58. The number of fused-ring (bicyclic) bond motifs is 1. The molecule has 28 heavy (non-hydrogen) atoms. The number of Topliss-reactive ketones (excluding diaryl/α,β-unsaturated/α-hetero) is 1. The number of para-hydroxylation sites is 1. The van der Waals surface area contributed by atoms with Gasteiger partial charge in [-0.25, -0.2) is 0 Å². The van der Waals surface area contributed by atoms with Crippen molar-refractivity contribution in [1.29, 1.82) is 0 Å². The number of hydrogen-bond donors (Lipinski definition) is 0. The van der Waals surface area contributed by atoms with Gasteiger partial charge in [-0.2, -0.15) is 0 Å². The van der Waals surface area contributed by atoms with Crippen LogP contribution in [0, 0.1) is 6.92 Å². The minimum atomic E-state index is -0.113. The van der Waals surface area contributed by atoms with E-state index in [-0.39, 0.29) is 5.78 Å². The number of rotatable bonds is 5. The Morgan fingerprint density at radius 3 is 2.46 bits per heavy atom. The Morgan fingerprint density at radius 2 is 1.68 bits per heavy atom. The Labute approximate surface area is 164 Å². The molecule has 0 aromatic heterocycles. The second-order valence-electron chi connectivity index (χ2n) is 6.52. The van der Waals surface area contributed by atoms with Crippen LogP contribution in [0.1, 0.15) is 27.0 Å². The van der Waals surface area contributed by atoms with Crippen molar-refractivity contribution >= 4 is 11.9 Å². The summed E-state index contributed by atoms with van der Waals surface area (Å²) in [4.78, 5) is 12.7. The highest BCUT2D eigenvalue weighted by atomic mass is 16.5. The monoisotopic (exact) mass is 372 g/mol. The van der Waals surface area contributed by atoms with Crippen molar-refractivity contribution in [1.82, 2.24) is 0 Å². The van der Waals surface area contributed by atoms with Crippen molar-refractivity contribution in [3.63, 3.8) is 0 Å². The zero-order valence-corrected chi connectivity index (χ0v) is 15.8. The molecule has 0 radical (unpaired) electrons. The molecular weight excluding hydrogens is 352 g/mol. The molecular formula is C24H20O4. The summed E-state index contributed by atoms with van der Waals surface area (Å²) in [5.74, 6) is 2.23. The van der Waals surface area contributed by atoms with Gasteiger partial charge >= 0.3 is 0 Å². The van der Waals surface area contributed by atoms with Gasteiger partial charge in [-0.15, -0.1) is 0 Å². The molecule has 0 aliphatic carbocycles. The van der Waals surface area contributed by atoms with Crippen molar-refractivity contribution in [2.45, 2.75) is 13.5 Å². The summed E-state index contributed by atoms with van der Waals surface area (Å²) in [6.07, 6.45) is 1.76. The average Bonchev–Trinajstić information content (AvgIpc) is 3.05. The molecule has 0 amide bonds. The molecule has 140 valence electrons. The van der Waals surface area contributed by atoms with E-state index in [1.807, 2.05) is 67.6 Å². The molecule has 0 saturated heterocycles. The number of ketones is 1. The summed E-state index contributed by atoms with van der Waals surface area (Å²) < 4.78 is 17.3. The van der Waals surface area contributed by atoms with E-state index in [4.69, 9.17) is 14.2 Å². The summed E-state index contributed by atoms with van der Waals surface area (Å²) in [6, 6.07) is 20.9. The zero-order valence-electron chi connectivity index (χ0n) is 15.8. The van der Waals surface area contributed by atoms with Gasteiger partial charge in [0.1, 0.15) is 23.9 Å². The maximum Gasteiger partial charge on any atom is 0.231 e. The van der Waals surface area contributed by atoms with E-state index in [0.29, 0.717) is 29.4 Å². The lowest BCUT2D eigenvalue weighted by Crippen LogP contribution is -2.00. The van der Waals surface area contributed by atoms with E-state index < -0.39 is 0 Å². The van der Waals surface area contributed by atoms with Crippen molar-refractivity contribution in [3.8, 4) is 17.2 Å². The van der Waals surface area contributed by atoms with Crippen LogP contribution in [0.4, 0.5) is 0 Å². The van der Waals surface area contributed by atoms with Crippen LogP contribution < -0.4 is 14.2 Å². The molecule has 1 aliphatic heterocycles. The van der Waals surface area contributed by atoms with Gasteiger partial charge in [0.15, 0.2) is 5.76 Å². The van der Waals surface area contributed by atoms with Gasteiger partial charge in [0.2, 0.25) is 5.78 Å². The average molecular weight is 372 g/mol. The van der Waals surface area contributed by atoms with Crippen molar-refractivity contribution in [3.05, 3.63) is 94.7 Å². The Kier molecular flexibility index (Phi) is 4.85.